The molecule has 1 aliphatic carbocycles. The van der Waals surface area contributed by atoms with Gasteiger partial charge in [0.05, 0.1) is 18.8 Å². The van der Waals surface area contributed by atoms with Gasteiger partial charge in [-0.2, -0.15) is 0 Å². The van der Waals surface area contributed by atoms with Crippen molar-refractivity contribution >= 4 is 0 Å². The lowest BCUT2D eigenvalue weighted by Gasteiger charge is -2.42. The van der Waals surface area contributed by atoms with Gasteiger partial charge in [0.2, 0.25) is 0 Å². The number of hydrogen-bond acceptors (Lipinski definition) is 4. The second-order valence-electron chi connectivity index (χ2n) is 5.05. The van der Waals surface area contributed by atoms with Gasteiger partial charge in [-0.1, -0.05) is 0 Å². The molecule has 3 N–H and O–H groups in total. The number of hydrazine groups is 1. The first-order valence-electron chi connectivity index (χ1n) is 6.49. The topological polar surface area (TPSA) is 56.5 Å². The SMILES string of the molecule is COc1ccc(F)cc1C(CC1(OC)CCC1)NN. The molecule has 0 spiro atoms. The van der Waals surface area contributed by atoms with E-state index < -0.39 is 0 Å². The van der Waals surface area contributed by atoms with E-state index in [0.29, 0.717) is 12.2 Å². The predicted octanol–water partition coefficient (Wildman–Crippen LogP) is 2.30. The van der Waals surface area contributed by atoms with Crippen LogP contribution < -0.4 is 16.0 Å². The average Bonchev–Trinajstić information content (AvgIpc) is 2.38. The fourth-order valence-corrected chi connectivity index (χ4v) is 2.67. The molecule has 0 aliphatic heterocycles. The van der Waals surface area contributed by atoms with Crippen LogP contribution in [-0.4, -0.2) is 19.8 Å². The van der Waals surface area contributed by atoms with Crippen molar-refractivity contribution in [3.05, 3.63) is 29.6 Å². The molecule has 1 aliphatic rings. The van der Waals surface area contributed by atoms with E-state index in [0.717, 1.165) is 24.8 Å². The zero-order valence-corrected chi connectivity index (χ0v) is 11.4. The van der Waals surface area contributed by atoms with E-state index in [9.17, 15) is 4.39 Å². The molecular weight excluding hydrogens is 247 g/mol. The zero-order chi connectivity index (χ0) is 13.9. The van der Waals surface area contributed by atoms with E-state index in [2.05, 4.69) is 5.43 Å². The van der Waals surface area contributed by atoms with Gasteiger partial charge < -0.3 is 9.47 Å². The van der Waals surface area contributed by atoms with Crippen LogP contribution in [0.5, 0.6) is 5.75 Å². The number of nitrogens with one attached hydrogen (secondary N) is 1. The number of methoxy groups -OCH3 is 2. The fraction of sp³-hybridized carbons (Fsp3) is 0.571. The molecule has 1 aromatic rings. The van der Waals surface area contributed by atoms with E-state index in [1.807, 2.05) is 0 Å². The summed E-state index contributed by atoms with van der Waals surface area (Å²) in [7, 11) is 3.29. The van der Waals surface area contributed by atoms with Crippen LogP contribution in [0.4, 0.5) is 4.39 Å². The highest BCUT2D eigenvalue weighted by Crippen LogP contribution is 2.43. The standard InChI is InChI=1S/C14H21FN2O2/c1-18-13-5-4-10(15)8-11(13)12(17-16)9-14(19-2)6-3-7-14/h4-5,8,12,17H,3,6-7,9,16H2,1-2H3. The summed E-state index contributed by atoms with van der Waals surface area (Å²) >= 11 is 0. The van der Waals surface area contributed by atoms with Crippen LogP contribution in [0.2, 0.25) is 0 Å². The van der Waals surface area contributed by atoms with Crippen LogP contribution in [0.3, 0.4) is 0 Å². The van der Waals surface area contributed by atoms with Crippen LogP contribution in [-0.2, 0) is 4.74 Å². The lowest BCUT2D eigenvalue weighted by molar-refractivity contribution is -0.0839. The van der Waals surface area contributed by atoms with Crippen molar-refractivity contribution in [3.8, 4) is 5.75 Å². The number of rotatable bonds is 6. The molecule has 1 aromatic carbocycles. The molecule has 106 valence electrons. The van der Waals surface area contributed by atoms with Gasteiger partial charge in [-0.25, -0.2) is 4.39 Å². The summed E-state index contributed by atoms with van der Waals surface area (Å²) < 4.78 is 24.3. The molecule has 2 rings (SSSR count). The maximum Gasteiger partial charge on any atom is 0.123 e. The molecule has 0 radical (unpaired) electrons. The van der Waals surface area contributed by atoms with Crippen LogP contribution in [0, 0.1) is 5.82 Å². The Morgan fingerprint density at radius 3 is 2.63 bits per heavy atom. The fourth-order valence-electron chi connectivity index (χ4n) is 2.67. The van der Waals surface area contributed by atoms with Gasteiger partial charge in [0.25, 0.3) is 0 Å². The molecule has 0 aromatic heterocycles. The van der Waals surface area contributed by atoms with Crippen LogP contribution >= 0.6 is 0 Å². The van der Waals surface area contributed by atoms with E-state index in [1.165, 1.54) is 12.1 Å². The minimum atomic E-state index is -0.295. The van der Waals surface area contributed by atoms with E-state index in [1.54, 1.807) is 20.3 Å². The molecule has 19 heavy (non-hydrogen) atoms. The van der Waals surface area contributed by atoms with Gasteiger partial charge in [-0.3, -0.25) is 11.3 Å². The van der Waals surface area contributed by atoms with Gasteiger partial charge in [0.15, 0.2) is 0 Å². The molecule has 1 fully saturated rings. The third-order valence-electron chi connectivity index (χ3n) is 4.04. The molecule has 0 heterocycles. The summed E-state index contributed by atoms with van der Waals surface area (Å²) in [5.41, 5.74) is 3.34. The Bertz CT molecular complexity index is 430. The molecule has 1 atom stereocenters. The largest absolute Gasteiger partial charge is 0.496 e. The van der Waals surface area contributed by atoms with Crippen LogP contribution in [0.15, 0.2) is 18.2 Å². The summed E-state index contributed by atoms with van der Waals surface area (Å²) in [5, 5.41) is 0. The van der Waals surface area contributed by atoms with Crippen LogP contribution in [0.1, 0.15) is 37.3 Å². The molecule has 0 bridgehead atoms. The van der Waals surface area contributed by atoms with E-state index >= 15 is 0 Å². The third-order valence-corrected chi connectivity index (χ3v) is 4.04. The number of halogens is 1. The van der Waals surface area contributed by atoms with Crippen molar-refractivity contribution in [2.75, 3.05) is 14.2 Å². The number of benzene rings is 1. The normalized spacial score (nSPS) is 18.7. The van der Waals surface area contributed by atoms with Crippen molar-refractivity contribution in [2.24, 2.45) is 5.84 Å². The molecule has 1 saturated carbocycles. The Labute approximate surface area is 113 Å². The second-order valence-corrected chi connectivity index (χ2v) is 5.05. The maximum absolute atomic E-state index is 13.4. The Hall–Kier alpha value is -1.17. The first-order chi connectivity index (χ1) is 9.14. The number of nitrogens with two attached hydrogens (primary N) is 1. The lowest BCUT2D eigenvalue weighted by Crippen LogP contribution is -2.44. The zero-order valence-electron chi connectivity index (χ0n) is 11.4. The van der Waals surface area contributed by atoms with Crippen LogP contribution in [0.25, 0.3) is 0 Å². The number of ether oxygens (including phenoxy) is 2. The average molecular weight is 268 g/mol. The first-order valence-corrected chi connectivity index (χ1v) is 6.49. The van der Waals surface area contributed by atoms with E-state index in [-0.39, 0.29) is 17.5 Å². The Kier molecular flexibility index (Phi) is 4.39. The predicted molar refractivity (Wildman–Crippen MR) is 71.2 cm³/mol. The van der Waals surface area contributed by atoms with Gasteiger partial charge in [-0.05, 0) is 43.9 Å². The summed E-state index contributed by atoms with van der Waals surface area (Å²) in [6.45, 7) is 0. The van der Waals surface area contributed by atoms with Gasteiger partial charge in [0, 0.05) is 12.7 Å². The summed E-state index contributed by atoms with van der Waals surface area (Å²) in [6.07, 6.45) is 3.89. The van der Waals surface area contributed by atoms with Gasteiger partial charge in [0.1, 0.15) is 11.6 Å². The Balaban J connectivity index is 2.23. The smallest absolute Gasteiger partial charge is 0.123 e. The van der Waals surface area contributed by atoms with E-state index in [4.69, 9.17) is 15.3 Å². The highest BCUT2D eigenvalue weighted by atomic mass is 19.1. The van der Waals surface area contributed by atoms with Crippen molar-refractivity contribution in [3.63, 3.8) is 0 Å². The summed E-state index contributed by atoms with van der Waals surface area (Å²) in [5.74, 6) is 5.97. The van der Waals surface area contributed by atoms with Gasteiger partial charge >= 0.3 is 0 Å². The maximum atomic E-state index is 13.4. The molecular formula is C14H21FN2O2. The lowest BCUT2D eigenvalue weighted by atomic mass is 9.74. The monoisotopic (exact) mass is 268 g/mol. The summed E-state index contributed by atoms with van der Waals surface area (Å²) in [6, 6.07) is 4.28. The second kappa shape index (κ2) is 5.86. The molecule has 1 unspecified atom stereocenters. The summed E-state index contributed by atoms with van der Waals surface area (Å²) in [4.78, 5) is 0. The Morgan fingerprint density at radius 2 is 2.16 bits per heavy atom. The van der Waals surface area contributed by atoms with Crippen molar-refractivity contribution in [1.82, 2.24) is 5.43 Å². The third kappa shape index (κ3) is 2.88. The van der Waals surface area contributed by atoms with Gasteiger partial charge in [-0.15, -0.1) is 0 Å². The molecule has 5 heteroatoms. The Morgan fingerprint density at radius 1 is 1.42 bits per heavy atom. The molecule has 0 amide bonds. The van der Waals surface area contributed by atoms with Crippen molar-refractivity contribution in [1.29, 1.82) is 0 Å². The van der Waals surface area contributed by atoms with Crippen molar-refractivity contribution < 1.29 is 13.9 Å². The minimum Gasteiger partial charge on any atom is -0.496 e. The first kappa shape index (κ1) is 14.2. The number of hydrogen-bond donors (Lipinski definition) is 2. The quantitative estimate of drug-likeness (QED) is 0.614. The minimum absolute atomic E-state index is 0.144. The van der Waals surface area contributed by atoms with Crippen molar-refractivity contribution in [2.45, 2.75) is 37.3 Å². The highest BCUT2D eigenvalue weighted by molar-refractivity contribution is 5.36. The highest BCUT2D eigenvalue weighted by Gasteiger charge is 2.39. The molecule has 4 nitrogen and oxygen atoms in total. The molecule has 0 saturated heterocycles.